The molecule has 0 radical (unpaired) electrons. The third-order valence-corrected chi connectivity index (χ3v) is 0.393. The van der Waals surface area contributed by atoms with Crippen LogP contribution in [0.1, 0.15) is 0 Å². The second-order valence-electron chi connectivity index (χ2n) is 0.821. The number of ketones is 1. The lowest BCUT2D eigenvalue weighted by molar-refractivity contribution is -0.106. The van der Waals surface area contributed by atoms with Crippen molar-refractivity contribution in [2.75, 3.05) is 0 Å². The minimum Gasteiger partial charge on any atom is -0.330 e. The molecule has 0 aromatic rings. The molecule has 6 heavy (non-hydrogen) atoms. The van der Waals surface area contributed by atoms with Gasteiger partial charge in [0.15, 0.2) is 0 Å². The van der Waals surface area contributed by atoms with Gasteiger partial charge >= 0.3 is 0 Å². The molecule has 0 aliphatic carbocycles. The van der Waals surface area contributed by atoms with Crippen molar-refractivity contribution in [1.82, 2.24) is 0 Å². The summed E-state index contributed by atoms with van der Waals surface area (Å²) in [6, 6.07) is 0. The van der Waals surface area contributed by atoms with Crippen LogP contribution in [-0.4, -0.2) is 18.2 Å². The molecule has 3 nitrogen and oxygen atoms in total. The van der Waals surface area contributed by atoms with Gasteiger partial charge in [-0.25, -0.2) is 0 Å². The maximum Gasteiger partial charge on any atom is 0.0510 e. The SMILES string of the molecule is O=C1[C-]=NN=C1. The van der Waals surface area contributed by atoms with E-state index in [9.17, 15) is 4.79 Å². The van der Waals surface area contributed by atoms with Crippen molar-refractivity contribution in [3.8, 4) is 0 Å². The lowest BCUT2D eigenvalue weighted by Crippen LogP contribution is -1.92. The average Bonchev–Trinajstić information content (AvgIpc) is 1.86. The third kappa shape index (κ3) is 0.337. The summed E-state index contributed by atoms with van der Waals surface area (Å²) < 4.78 is 0. The molecule has 0 saturated heterocycles. The van der Waals surface area contributed by atoms with Crippen molar-refractivity contribution in [1.29, 1.82) is 0 Å². The van der Waals surface area contributed by atoms with Crippen LogP contribution >= 0.6 is 0 Å². The third-order valence-electron chi connectivity index (χ3n) is 0.393. The van der Waals surface area contributed by atoms with Gasteiger partial charge in [0.25, 0.3) is 0 Å². The molecule has 1 aliphatic heterocycles. The molecule has 1 rings (SSSR count). The molecule has 0 aromatic heterocycles. The molecule has 1 heterocycles. The fourth-order valence-electron chi connectivity index (χ4n) is 0.188. The van der Waals surface area contributed by atoms with Crippen LogP contribution in [0.25, 0.3) is 0 Å². The zero-order valence-electron chi connectivity index (χ0n) is 2.88. The van der Waals surface area contributed by atoms with E-state index in [0.29, 0.717) is 0 Å². The molecule has 0 spiro atoms. The molecule has 0 bridgehead atoms. The zero-order valence-corrected chi connectivity index (χ0v) is 2.88. The maximum atomic E-state index is 9.89. The first-order chi connectivity index (χ1) is 2.89. The Kier molecular flexibility index (Phi) is 0.538. The normalized spacial score (nSPS) is 17.0. The smallest absolute Gasteiger partial charge is 0.0510 e. The molecular formula is C3HN2O-. The summed E-state index contributed by atoms with van der Waals surface area (Å²) >= 11 is 0. The summed E-state index contributed by atoms with van der Waals surface area (Å²) in [6.07, 6.45) is 3.19. The lowest BCUT2D eigenvalue weighted by atomic mass is 10.5. The Labute approximate surface area is 34.4 Å². The number of carbonyl (C=O) groups is 1. The average molecular weight is 81.1 g/mol. The van der Waals surface area contributed by atoms with Gasteiger partial charge in [0.05, 0.1) is 5.78 Å². The fourth-order valence-corrected chi connectivity index (χ4v) is 0.188. The monoisotopic (exact) mass is 81.0 g/mol. The molecule has 0 unspecified atom stereocenters. The van der Waals surface area contributed by atoms with Crippen molar-refractivity contribution >= 4 is 18.2 Å². The number of rotatable bonds is 0. The van der Waals surface area contributed by atoms with Gasteiger partial charge < -0.3 is 4.79 Å². The minimum absolute atomic E-state index is 0.255. The van der Waals surface area contributed by atoms with Crippen molar-refractivity contribution in [3.05, 3.63) is 0 Å². The van der Waals surface area contributed by atoms with E-state index in [0.717, 1.165) is 6.21 Å². The number of hydrogen-bond acceptors (Lipinski definition) is 3. The van der Waals surface area contributed by atoms with Crippen LogP contribution in [0, 0.1) is 0 Å². The Morgan fingerprint density at radius 3 is 2.83 bits per heavy atom. The van der Waals surface area contributed by atoms with E-state index in [2.05, 4.69) is 16.4 Å². The maximum absolute atomic E-state index is 9.89. The lowest BCUT2D eigenvalue weighted by Gasteiger charge is -1.70. The van der Waals surface area contributed by atoms with E-state index in [4.69, 9.17) is 0 Å². The van der Waals surface area contributed by atoms with E-state index in [-0.39, 0.29) is 5.78 Å². The Morgan fingerprint density at radius 1 is 1.83 bits per heavy atom. The van der Waals surface area contributed by atoms with Gasteiger partial charge in [-0.1, -0.05) is 12.4 Å². The molecule has 1 aliphatic rings. The zero-order chi connectivity index (χ0) is 4.41. The summed E-state index contributed by atoms with van der Waals surface area (Å²) in [7, 11) is 0. The number of nitrogens with zero attached hydrogens (tertiary/aromatic N) is 2. The summed E-state index contributed by atoms with van der Waals surface area (Å²) in [5.74, 6) is -0.255. The first-order valence-electron chi connectivity index (χ1n) is 1.42. The van der Waals surface area contributed by atoms with Crippen LogP contribution in [-0.2, 0) is 4.79 Å². The molecule has 0 amide bonds. The molecule has 0 fully saturated rings. The van der Waals surface area contributed by atoms with Gasteiger partial charge in [0, 0.05) is 0 Å². The highest BCUT2D eigenvalue weighted by Gasteiger charge is 1.77. The van der Waals surface area contributed by atoms with Gasteiger partial charge in [-0.15, -0.1) is 0 Å². The van der Waals surface area contributed by atoms with Gasteiger partial charge in [0.1, 0.15) is 0 Å². The summed E-state index contributed by atoms with van der Waals surface area (Å²) in [4.78, 5) is 9.89. The van der Waals surface area contributed by atoms with Gasteiger partial charge in [0.2, 0.25) is 0 Å². The van der Waals surface area contributed by atoms with Crippen molar-refractivity contribution in [3.63, 3.8) is 0 Å². The highest BCUT2D eigenvalue weighted by molar-refractivity contribution is 6.54. The second-order valence-corrected chi connectivity index (χ2v) is 0.821. The van der Waals surface area contributed by atoms with E-state index >= 15 is 0 Å². The second kappa shape index (κ2) is 1.01. The predicted molar refractivity (Wildman–Crippen MR) is 20.9 cm³/mol. The molecule has 0 aromatic carbocycles. The van der Waals surface area contributed by atoms with E-state index in [1.54, 1.807) is 0 Å². The Morgan fingerprint density at radius 2 is 2.67 bits per heavy atom. The Hall–Kier alpha value is -0.990. The first kappa shape index (κ1) is 3.21. The van der Waals surface area contributed by atoms with Crippen LogP contribution in [0.2, 0.25) is 0 Å². The Bertz CT molecular complexity index is 111. The van der Waals surface area contributed by atoms with E-state index in [1.807, 2.05) is 0 Å². The number of hydrogen-bond donors (Lipinski definition) is 0. The van der Waals surface area contributed by atoms with Crippen LogP contribution < -0.4 is 0 Å². The topological polar surface area (TPSA) is 41.8 Å². The van der Waals surface area contributed by atoms with Crippen molar-refractivity contribution in [2.45, 2.75) is 0 Å². The molecule has 3 heteroatoms. The highest BCUT2D eigenvalue weighted by Crippen LogP contribution is 1.75. The van der Waals surface area contributed by atoms with Crippen LogP contribution in [0.3, 0.4) is 0 Å². The first-order valence-corrected chi connectivity index (χ1v) is 1.42. The molecule has 0 saturated carbocycles. The van der Waals surface area contributed by atoms with Gasteiger partial charge in [-0.2, -0.15) is 0 Å². The van der Waals surface area contributed by atoms with Crippen LogP contribution in [0.4, 0.5) is 0 Å². The van der Waals surface area contributed by atoms with E-state index < -0.39 is 0 Å². The van der Waals surface area contributed by atoms with E-state index in [1.165, 1.54) is 0 Å². The molecule has 30 valence electrons. The predicted octanol–water partition coefficient (Wildman–Crippen LogP) is -0.497. The van der Waals surface area contributed by atoms with Gasteiger partial charge in [-0.3, -0.25) is 10.2 Å². The van der Waals surface area contributed by atoms with Crippen molar-refractivity contribution in [2.24, 2.45) is 10.2 Å². The van der Waals surface area contributed by atoms with Crippen LogP contribution in [0.5, 0.6) is 0 Å². The van der Waals surface area contributed by atoms with Crippen molar-refractivity contribution < 1.29 is 4.79 Å². The minimum atomic E-state index is -0.255. The molecule has 0 N–H and O–H groups in total. The standard InChI is InChI=1S/C3HN2O/c6-3-1-4-5-2-3/h1H/q-1. The summed E-state index contributed by atoms with van der Waals surface area (Å²) in [5.41, 5.74) is 0. The van der Waals surface area contributed by atoms with Gasteiger partial charge in [-0.05, 0) is 0 Å². The summed E-state index contributed by atoms with van der Waals surface area (Å²) in [6.45, 7) is 0. The quantitative estimate of drug-likeness (QED) is 0.362. The number of carbonyl (C=O) groups excluding carboxylic acids is 1. The van der Waals surface area contributed by atoms with Crippen LogP contribution in [0.15, 0.2) is 10.2 Å². The number of Topliss-reactive ketones (excluding diaryl/α,β-unsaturated/α-hetero) is 1. The highest BCUT2D eigenvalue weighted by atomic mass is 16.1. The molecular weight excluding hydrogens is 80.0 g/mol. The Balaban J connectivity index is 2.86. The largest absolute Gasteiger partial charge is 0.330 e. The summed E-state index contributed by atoms with van der Waals surface area (Å²) in [5, 5.41) is 6.34. The molecule has 0 atom stereocenters. The fraction of sp³-hybridized carbons (Fsp3) is 0.